The molecule has 0 unspecified atom stereocenters. The zero-order valence-corrected chi connectivity index (χ0v) is 17.5. The summed E-state index contributed by atoms with van der Waals surface area (Å²) < 4.78 is 12.4. The monoisotopic (exact) mass is 393 g/mol. The smallest absolute Gasteiger partial charge is 0.256 e. The van der Waals surface area contributed by atoms with Crippen LogP contribution in [-0.2, 0) is 12.0 Å². The minimum absolute atomic E-state index is 0.134. The van der Waals surface area contributed by atoms with Crippen molar-refractivity contribution >= 4 is 11.7 Å². The fourth-order valence-corrected chi connectivity index (χ4v) is 2.93. The summed E-state index contributed by atoms with van der Waals surface area (Å²) in [5.41, 5.74) is 2.37. The fourth-order valence-electron chi connectivity index (χ4n) is 2.93. The van der Waals surface area contributed by atoms with E-state index in [1.807, 2.05) is 41.1 Å². The number of anilines is 1. The average Bonchev–Trinajstić information content (AvgIpc) is 3.11. The van der Waals surface area contributed by atoms with Crippen LogP contribution in [-0.4, -0.2) is 29.9 Å². The van der Waals surface area contributed by atoms with E-state index in [0.29, 0.717) is 29.4 Å². The van der Waals surface area contributed by atoms with Gasteiger partial charge in [0.05, 0.1) is 26.5 Å². The third-order valence-electron chi connectivity index (χ3n) is 4.61. The number of benzene rings is 2. The van der Waals surface area contributed by atoms with Crippen LogP contribution < -0.4 is 14.8 Å². The summed E-state index contributed by atoms with van der Waals surface area (Å²) in [5.74, 6) is 1.50. The fraction of sp³-hybridized carbons (Fsp3) is 0.304. The number of nitrogens with one attached hydrogen (secondary N) is 1. The first-order valence-corrected chi connectivity index (χ1v) is 9.47. The maximum absolute atomic E-state index is 12.9. The highest BCUT2D eigenvalue weighted by atomic mass is 16.5. The first kappa shape index (κ1) is 20.5. The van der Waals surface area contributed by atoms with E-state index in [1.165, 1.54) is 0 Å². The van der Waals surface area contributed by atoms with Gasteiger partial charge in [0.2, 0.25) is 0 Å². The summed E-state index contributed by atoms with van der Waals surface area (Å²) in [4.78, 5) is 12.9. The van der Waals surface area contributed by atoms with Gasteiger partial charge < -0.3 is 14.8 Å². The van der Waals surface area contributed by atoms with Gasteiger partial charge >= 0.3 is 0 Å². The summed E-state index contributed by atoms with van der Waals surface area (Å²) in [5, 5.41) is 7.74. The Kier molecular flexibility index (Phi) is 5.92. The molecule has 1 amide bonds. The predicted octanol–water partition coefficient (Wildman–Crippen LogP) is 4.50. The maximum Gasteiger partial charge on any atom is 0.256 e. The van der Waals surface area contributed by atoms with E-state index in [9.17, 15) is 4.79 Å². The molecule has 0 aliphatic heterocycles. The molecule has 1 heterocycles. The molecule has 0 fully saturated rings. The standard InChI is InChI=1S/C23H27N3O3/c1-23(2,3)20-14-21(26(25-20)15-16-9-7-6-8-10-16)24-22(27)17-11-12-18(28-4)19(13-17)29-5/h6-14H,15H2,1-5H3,(H,24,27). The highest BCUT2D eigenvalue weighted by Crippen LogP contribution is 2.29. The van der Waals surface area contributed by atoms with Gasteiger partial charge in [-0.25, -0.2) is 4.68 Å². The summed E-state index contributed by atoms with van der Waals surface area (Å²) in [6.07, 6.45) is 0. The summed E-state index contributed by atoms with van der Waals surface area (Å²) in [6, 6.07) is 17.1. The van der Waals surface area contributed by atoms with Crippen molar-refractivity contribution in [1.82, 2.24) is 9.78 Å². The van der Waals surface area contributed by atoms with Crippen LogP contribution in [0.4, 0.5) is 5.82 Å². The predicted molar refractivity (Wildman–Crippen MR) is 114 cm³/mol. The zero-order chi connectivity index (χ0) is 21.0. The van der Waals surface area contributed by atoms with E-state index in [-0.39, 0.29) is 11.3 Å². The van der Waals surface area contributed by atoms with Crippen LogP contribution in [0.5, 0.6) is 11.5 Å². The van der Waals surface area contributed by atoms with Gasteiger partial charge in [0.15, 0.2) is 11.5 Å². The Morgan fingerprint density at radius 1 is 1.00 bits per heavy atom. The van der Waals surface area contributed by atoms with Crippen LogP contribution in [0.1, 0.15) is 42.4 Å². The van der Waals surface area contributed by atoms with Crippen molar-refractivity contribution < 1.29 is 14.3 Å². The Bertz CT molecular complexity index is 988. The molecule has 3 rings (SSSR count). The second-order valence-electron chi connectivity index (χ2n) is 7.83. The lowest BCUT2D eigenvalue weighted by molar-refractivity contribution is 0.102. The molecule has 0 saturated carbocycles. The van der Waals surface area contributed by atoms with Gasteiger partial charge in [-0.3, -0.25) is 4.79 Å². The molecular weight excluding hydrogens is 366 g/mol. The number of hydrogen-bond acceptors (Lipinski definition) is 4. The first-order chi connectivity index (χ1) is 13.8. The third-order valence-corrected chi connectivity index (χ3v) is 4.61. The van der Waals surface area contributed by atoms with Crippen LogP contribution in [0.15, 0.2) is 54.6 Å². The van der Waals surface area contributed by atoms with Gasteiger partial charge in [-0.1, -0.05) is 51.1 Å². The molecule has 0 aliphatic rings. The maximum atomic E-state index is 12.9. The highest BCUT2D eigenvalue weighted by Gasteiger charge is 2.21. The molecule has 152 valence electrons. The minimum atomic E-state index is -0.236. The SMILES string of the molecule is COc1ccc(C(=O)Nc2cc(C(C)(C)C)nn2Cc2ccccc2)cc1OC. The lowest BCUT2D eigenvalue weighted by Crippen LogP contribution is -2.16. The average molecular weight is 393 g/mol. The molecule has 0 atom stereocenters. The van der Waals surface area contributed by atoms with Crippen molar-refractivity contribution in [2.75, 3.05) is 19.5 Å². The number of rotatable bonds is 6. The Balaban J connectivity index is 1.91. The molecule has 1 aromatic heterocycles. The molecule has 0 radical (unpaired) electrons. The third kappa shape index (κ3) is 4.77. The minimum Gasteiger partial charge on any atom is -0.493 e. The van der Waals surface area contributed by atoms with E-state index >= 15 is 0 Å². The van der Waals surface area contributed by atoms with Gasteiger partial charge in [-0.05, 0) is 23.8 Å². The van der Waals surface area contributed by atoms with Crippen LogP contribution in [0.2, 0.25) is 0 Å². The summed E-state index contributed by atoms with van der Waals surface area (Å²) >= 11 is 0. The second-order valence-corrected chi connectivity index (χ2v) is 7.83. The van der Waals surface area contributed by atoms with Gasteiger partial charge in [-0.2, -0.15) is 5.10 Å². The van der Waals surface area contributed by atoms with Crippen LogP contribution in [0, 0.1) is 0 Å². The second kappa shape index (κ2) is 8.39. The Morgan fingerprint density at radius 2 is 1.69 bits per heavy atom. The van der Waals surface area contributed by atoms with Crippen molar-refractivity contribution in [2.24, 2.45) is 0 Å². The quantitative estimate of drug-likeness (QED) is 0.670. The van der Waals surface area contributed by atoms with E-state index < -0.39 is 0 Å². The number of methoxy groups -OCH3 is 2. The number of carbonyl (C=O) groups is 1. The van der Waals surface area contributed by atoms with Crippen molar-refractivity contribution in [3.63, 3.8) is 0 Å². The number of amides is 1. The molecule has 2 aromatic carbocycles. The largest absolute Gasteiger partial charge is 0.493 e. The number of hydrogen-bond donors (Lipinski definition) is 1. The normalized spacial score (nSPS) is 11.2. The number of aromatic nitrogens is 2. The molecule has 0 aliphatic carbocycles. The molecule has 1 N–H and O–H groups in total. The molecule has 0 spiro atoms. The number of nitrogens with zero attached hydrogens (tertiary/aromatic N) is 2. The van der Waals surface area contributed by atoms with Crippen molar-refractivity contribution in [2.45, 2.75) is 32.7 Å². The Morgan fingerprint density at radius 3 is 2.31 bits per heavy atom. The van der Waals surface area contributed by atoms with Gasteiger partial charge in [-0.15, -0.1) is 0 Å². The van der Waals surface area contributed by atoms with Crippen LogP contribution in [0.3, 0.4) is 0 Å². The molecule has 29 heavy (non-hydrogen) atoms. The van der Waals surface area contributed by atoms with Crippen LogP contribution >= 0.6 is 0 Å². The lowest BCUT2D eigenvalue weighted by atomic mass is 9.92. The van der Waals surface area contributed by atoms with E-state index in [0.717, 1.165) is 11.3 Å². The van der Waals surface area contributed by atoms with Gasteiger partial charge in [0, 0.05) is 17.0 Å². The highest BCUT2D eigenvalue weighted by molar-refractivity contribution is 6.04. The van der Waals surface area contributed by atoms with Gasteiger partial charge in [0.25, 0.3) is 5.91 Å². The lowest BCUT2D eigenvalue weighted by Gasteiger charge is -2.14. The van der Waals surface area contributed by atoms with E-state index in [4.69, 9.17) is 14.6 Å². The topological polar surface area (TPSA) is 65.4 Å². The first-order valence-electron chi connectivity index (χ1n) is 9.47. The Labute approximate surface area is 171 Å². The molecule has 0 bridgehead atoms. The van der Waals surface area contributed by atoms with Gasteiger partial charge in [0.1, 0.15) is 5.82 Å². The molecular formula is C23H27N3O3. The molecule has 6 nitrogen and oxygen atoms in total. The van der Waals surface area contributed by atoms with Crippen molar-refractivity contribution in [3.05, 3.63) is 71.4 Å². The molecule has 3 aromatic rings. The van der Waals surface area contributed by atoms with Crippen molar-refractivity contribution in [3.8, 4) is 11.5 Å². The van der Waals surface area contributed by atoms with E-state index in [2.05, 4.69) is 26.1 Å². The van der Waals surface area contributed by atoms with Crippen LogP contribution in [0.25, 0.3) is 0 Å². The number of ether oxygens (including phenoxy) is 2. The summed E-state index contributed by atoms with van der Waals surface area (Å²) in [7, 11) is 3.11. The summed E-state index contributed by atoms with van der Waals surface area (Å²) in [6.45, 7) is 6.87. The molecule has 6 heteroatoms. The van der Waals surface area contributed by atoms with E-state index in [1.54, 1.807) is 32.4 Å². The zero-order valence-electron chi connectivity index (χ0n) is 17.5. The Hall–Kier alpha value is -3.28. The molecule has 0 saturated heterocycles. The number of carbonyl (C=O) groups excluding carboxylic acids is 1. The van der Waals surface area contributed by atoms with Crippen molar-refractivity contribution in [1.29, 1.82) is 0 Å².